The molecule has 16 heavy (non-hydrogen) atoms. The molecule has 1 N–H and O–H groups in total. The molecule has 0 radical (unpaired) electrons. The Morgan fingerprint density at radius 2 is 1.94 bits per heavy atom. The van der Waals surface area contributed by atoms with Gasteiger partial charge in [0.15, 0.2) is 0 Å². The number of ether oxygens (including phenoxy) is 1. The smallest absolute Gasteiger partial charge is 0.302 e. The Hall–Kier alpha value is -0.830. The highest BCUT2D eigenvalue weighted by Gasteiger charge is 2.16. The quantitative estimate of drug-likeness (QED) is 0.395. The van der Waals surface area contributed by atoms with Gasteiger partial charge in [0.05, 0.1) is 12.2 Å². The molecular formula is C13H24O3. The van der Waals surface area contributed by atoms with Crippen LogP contribution in [-0.4, -0.2) is 23.3 Å². The first-order valence-electron chi connectivity index (χ1n) is 6.07. The average molecular weight is 228 g/mol. The van der Waals surface area contributed by atoms with E-state index in [9.17, 15) is 9.90 Å². The van der Waals surface area contributed by atoms with E-state index in [2.05, 4.69) is 0 Å². The first-order chi connectivity index (χ1) is 7.54. The standard InChI is InChI=1S/C13H24O3/c1-4-13(15,5-2)10-8-6-7-9-11-16-12(3)14/h8,10,15H,4-7,9,11H2,1-3H3/b10-8+. The van der Waals surface area contributed by atoms with Crippen molar-refractivity contribution in [2.24, 2.45) is 0 Å². The Morgan fingerprint density at radius 1 is 1.31 bits per heavy atom. The van der Waals surface area contributed by atoms with Gasteiger partial charge in [0.25, 0.3) is 0 Å². The third-order valence-corrected chi connectivity index (χ3v) is 2.72. The summed E-state index contributed by atoms with van der Waals surface area (Å²) in [6, 6.07) is 0. The fraction of sp³-hybridized carbons (Fsp3) is 0.769. The second-order valence-electron chi connectivity index (χ2n) is 4.05. The van der Waals surface area contributed by atoms with Crippen LogP contribution in [-0.2, 0) is 9.53 Å². The number of hydrogen-bond acceptors (Lipinski definition) is 3. The van der Waals surface area contributed by atoms with E-state index in [4.69, 9.17) is 4.74 Å². The molecule has 0 aliphatic heterocycles. The third kappa shape index (κ3) is 7.46. The summed E-state index contributed by atoms with van der Waals surface area (Å²) in [7, 11) is 0. The number of aliphatic hydroxyl groups is 1. The molecule has 94 valence electrons. The summed E-state index contributed by atoms with van der Waals surface area (Å²) in [6.07, 6.45) is 8.16. The molecular weight excluding hydrogens is 204 g/mol. The van der Waals surface area contributed by atoms with Crippen molar-refractivity contribution in [2.75, 3.05) is 6.61 Å². The Kier molecular flexibility index (Phi) is 7.90. The Morgan fingerprint density at radius 3 is 2.44 bits per heavy atom. The molecule has 0 aromatic rings. The lowest BCUT2D eigenvalue weighted by Gasteiger charge is -2.20. The normalized spacial score (nSPS) is 12.0. The highest BCUT2D eigenvalue weighted by atomic mass is 16.5. The molecule has 0 atom stereocenters. The number of esters is 1. The summed E-state index contributed by atoms with van der Waals surface area (Å²) in [5.74, 6) is -0.220. The second kappa shape index (κ2) is 8.34. The van der Waals surface area contributed by atoms with Gasteiger partial charge in [0.1, 0.15) is 0 Å². The van der Waals surface area contributed by atoms with Gasteiger partial charge < -0.3 is 9.84 Å². The molecule has 3 nitrogen and oxygen atoms in total. The fourth-order valence-electron chi connectivity index (χ4n) is 1.37. The number of rotatable bonds is 8. The lowest BCUT2D eigenvalue weighted by molar-refractivity contribution is -0.141. The van der Waals surface area contributed by atoms with E-state index >= 15 is 0 Å². The predicted octanol–water partition coefficient (Wildman–Crippen LogP) is 2.83. The number of carbonyl (C=O) groups excluding carboxylic acids is 1. The summed E-state index contributed by atoms with van der Waals surface area (Å²) in [6.45, 7) is 5.88. The number of hydrogen-bond donors (Lipinski definition) is 1. The third-order valence-electron chi connectivity index (χ3n) is 2.72. The fourth-order valence-corrected chi connectivity index (χ4v) is 1.37. The molecule has 0 amide bonds. The van der Waals surface area contributed by atoms with Crippen LogP contribution >= 0.6 is 0 Å². The number of allylic oxidation sites excluding steroid dienone is 1. The Bertz CT molecular complexity index is 217. The second-order valence-corrected chi connectivity index (χ2v) is 4.05. The van der Waals surface area contributed by atoms with Crippen LogP contribution in [0.5, 0.6) is 0 Å². The summed E-state index contributed by atoms with van der Waals surface area (Å²) in [5.41, 5.74) is -0.643. The van der Waals surface area contributed by atoms with Crippen LogP contribution in [0.15, 0.2) is 12.2 Å². The maximum Gasteiger partial charge on any atom is 0.302 e. The number of unbranched alkanes of at least 4 members (excludes halogenated alkanes) is 2. The molecule has 3 heteroatoms. The molecule has 0 aromatic carbocycles. The average Bonchev–Trinajstić information content (AvgIpc) is 2.27. The minimum atomic E-state index is -0.643. The molecule has 0 heterocycles. The lowest BCUT2D eigenvalue weighted by atomic mass is 9.96. The molecule has 0 unspecified atom stereocenters. The van der Waals surface area contributed by atoms with E-state index in [0.29, 0.717) is 6.61 Å². The highest BCUT2D eigenvalue weighted by molar-refractivity contribution is 5.65. The van der Waals surface area contributed by atoms with Gasteiger partial charge in [0.2, 0.25) is 0 Å². The molecule has 0 saturated carbocycles. The highest BCUT2D eigenvalue weighted by Crippen LogP contribution is 2.16. The Labute approximate surface area is 98.5 Å². The van der Waals surface area contributed by atoms with Crippen LogP contribution in [0.2, 0.25) is 0 Å². The zero-order valence-electron chi connectivity index (χ0n) is 10.7. The molecule has 0 saturated heterocycles. The summed E-state index contributed by atoms with van der Waals surface area (Å²) < 4.78 is 4.82. The van der Waals surface area contributed by atoms with Gasteiger partial charge in [-0.3, -0.25) is 4.79 Å². The van der Waals surface area contributed by atoms with Crippen molar-refractivity contribution in [1.29, 1.82) is 0 Å². The molecule has 0 aliphatic rings. The van der Waals surface area contributed by atoms with Crippen molar-refractivity contribution in [3.05, 3.63) is 12.2 Å². The van der Waals surface area contributed by atoms with Crippen LogP contribution in [0.1, 0.15) is 52.9 Å². The molecule has 0 aromatic heterocycles. The van der Waals surface area contributed by atoms with Crippen molar-refractivity contribution in [2.45, 2.75) is 58.5 Å². The molecule has 0 spiro atoms. The van der Waals surface area contributed by atoms with E-state index in [1.165, 1.54) is 6.92 Å². The minimum Gasteiger partial charge on any atom is -0.466 e. The summed E-state index contributed by atoms with van der Waals surface area (Å²) >= 11 is 0. The summed E-state index contributed by atoms with van der Waals surface area (Å²) in [4.78, 5) is 10.5. The molecule has 0 fully saturated rings. The van der Waals surface area contributed by atoms with Crippen molar-refractivity contribution in [3.63, 3.8) is 0 Å². The van der Waals surface area contributed by atoms with Gasteiger partial charge in [0, 0.05) is 6.92 Å². The molecule has 0 rings (SSSR count). The van der Waals surface area contributed by atoms with Crippen LogP contribution in [0.3, 0.4) is 0 Å². The molecule has 0 aliphatic carbocycles. The van der Waals surface area contributed by atoms with E-state index in [0.717, 1.165) is 32.1 Å². The maximum absolute atomic E-state index is 10.5. The predicted molar refractivity (Wildman–Crippen MR) is 65.2 cm³/mol. The zero-order valence-corrected chi connectivity index (χ0v) is 10.7. The number of carbonyl (C=O) groups is 1. The van der Waals surface area contributed by atoms with E-state index in [-0.39, 0.29) is 5.97 Å². The van der Waals surface area contributed by atoms with Crippen molar-refractivity contribution < 1.29 is 14.6 Å². The van der Waals surface area contributed by atoms with Crippen LogP contribution < -0.4 is 0 Å². The Balaban J connectivity index is 3.57. The van der Waals surface area contributed by atoms with Gasteiger partial charge in [-0.15, -0.1) is 0 Å². The van der Waals surface area contributed by atoms with Gasteiger partial charge in [-0.05, 0) is 32.1 Å². The van der Waals surface area contributed by atoms with Gasteiger partial charge in [-0.2, -0.15) is 0 Å². The van der Waals surface area contributed by atoms with Crippen LogP contribution in [0, 0.1) is 0 Å². The summed E-state index contributed by atoms with van der Waals surface area (Å²) in [5, 5.41) is 9.95. The van der Waals surface area contributed by atoms with Gasteiger partial charge in [-0.25, -0.2) is 0 Å². The van der Waals surface area contributed by atoms with Crippen molar-refractivity contribution in [1.82, 2.24) is 0 Å². The monoisotopic (exact) mass is 228 g/mol. The van der Waals surface area contributed by atoms with Crippen LogP contribution in [0.4, 0.5) is 0 Å². The van der Waals surface area contributed by atoms with E-state index in [1.807, 2.05) is 26.0 Å². The first kappa shape index (κ1) is 15.2. The minimum absolute atomic E-state index is 0.220. The van der Waals surface area contributed by atoms with Gasteiger partial charge >= 0.3 is 5.97 Å². The topological polar surface area (TPSA) is 46.5 Å². The SMILES string of the molecule is CCC(O)(/C=C/CCCCOC(C)=O)CC. The maximum atomic E-state index is 10.5. The lowest BCUT2D eigenvalue weighted by Crippen LogP contribution is -2.22. The van der Waals surface area contributed by atoms with Crippen LogP contribution in [0.25, 0.3) is 0 Å². The first-order valence-corrected chi connectivity index (χ1v) is 6.07. The van der Waals surface area contributed by atoms with Crippen molar-refractivity contribution in [3.8, 4) is 0 Å². The van der Waals surface area contributed by atoms with Crippen molar-refractivity contribution >= 4 is 5.97 Å². The molecule has 0 bridgehead atoms. The van der Waals surface area contributed by atoms with E-state index < -0.39 is 5.60 Å². The van der Waals surface area contributed by atoms with E-state index in [1.54, 1.807) is 0 Å². The largest absolute Gasteiger partial charge is 0.466 e. The zero-order chi connectivity index (χ0) is 12.4. The van der Waals surface area contributed by atoms with Gasteiger partial charge in [-0.1, -0.05) is 26.0 Å².